The maximum atomic E-state index is 13.7. The van der Waals surface area contributed by atoms with E-state index in [0.29, 0.717) is 12.3 Å². The van der Waals surface area contributed by atoms with Gasteiger partial charge in [-0.3, -0.25) is 10.00 Å². The van der Waals surface area contributed by atoms with E-state index in [2.05, 4.69) is 15.1 Å². The number of nitrogens with zero attached hydrogens (tertiary/aromatic N) is 2. The van der Waals surface area contributed by atoms with E-state index < -0.39 is 0 Å². The smallest absolute Gasteiger partial charge is 0.162 e. The summed E-state index contributed by atoms with van der Waals surface area (Å²) in [6, 6.07) is 12.2. The SMILES string of the molecule is COc1cccc(CN2CCC[C@@H](c3[nH]ncc3-c3cccc(F)c3)C2)c1O. The number of rotatable bonds is 5. The van der Waals surface area contributed by atoms with Crippen LogP contribution in [-0.2, 0) is 6.54 Å². The predicted octanol–water partition coefficient (Wildman–Crippen LogP) is 4.31. The molecule has 4 rings (SSSR count). The van der Waals surface area contributed by atoms with E-state index in [-0.39, 0.29) is 17.5 Å². The minimum absolute atomic E-state index is 0.203. The molecule has 0 radical (unpaired) electrons. The molecular weight excluding hydrogens is 357 g/mol. The van der Waals surface area contributed by atoms with Crippen molar-refractivity contribution in [3.8, 4) is 22.6 Å². The normalized spacial score (nSPS) is 17.6. The highest BCUT2D eigenvalue weighted by Crippen LogP contribution is 2.35. The molecule has 0 saturated carbocycles. The predicted molar refractivity (Wildman–Crippen MR) is 106 cm³/mol. The number of ether oxygens (including phenoxy) is 1. The number of benzene rings is 2. The Morgan fingerprint density at radius 3 is 2.96 bits per heavy atom. The molecule has 1 aliphatic heterocycles. The third-order valence-corrected chi connectivity index (χ3v) is 5.41. The van der Waals surface area contributed by atoms with Crippen molar-refractivity contribution in [2.45, 2.75) is 25.3 Å². The van der Waals surface area contributed by atoms with Gasteiger partial charge < -0.3 is 9.84 Å². The molecule has 0 unspecified atom stereocenters. The number of aromatic nitrogens is 2. The number of aromatic amines is 1. The Bertz CT molecular complexity index is 956. The number of hydrogen-bond donors (Lipinski definition) is 2. The molecular formula is C22H24FN3O2. The van der Waals surface area contributed by atoms with Gasteiger partial charge in [0.1, 0.15) is 5.82 Å². The molecule has 0 spiro atoms. The summed E-state index contributed by atoms with van der Waals surface area (Å²) in [5.41, 5.74) is 3.70. The second kappa shape index (κ2) is 8.02. The quantitative estimate of drug-likeness (QED) is 0.691. The van der Waals surface area contributed by atoms with Gasteiger partial charge in [0.25, 0.3) is 0 Å². The van der Waals surface area contributed by atoms with Crippen molar-refractivity contribution in [1.29, 1.82) is 0 Å². The number of para-hydroxylation sites is 1. The third kappa shape index (κ3) is 3.73. The monoisotopic (exact) mass is 381 g/mol. The summed E-state index contributed by atoms with van der Waals surface area (Å²) in [4.78, 5) is 2.33. The molecule has 1 saturated heterocycles. The van der Waals surface area contributed by atoms with E-state index in [0.717, 1.165) is 48.3 Å². The number of likely N-dealkylation sites (tertiary alicyclic amines) is 1. The molecule has 2 aromatic carbocycles. The Kier molecular flexibility index (Phi) is 5.30. The lowest BCUT2D eigenvalue weighted by Crippen LogP contribution is -2.34. The molecule has 6 heteroatoms. The van der Waals surface area contributed by atoms with Crippen LogP contribution in [0.4, 0.5) is 4.39 Å². The van der Waals surface area contributed by atoms with Crippen LogP contribution in [0.1, 0.15) is 30.0 Å². The van der Waals surface area contributed by atoms with E-state index in [9.17, 15) is 9.50 Å². The molecule has 2 N–H and O–H groups in total. The molecule has 0 bridgehead atoms. The average molecular weight is 381 g/mol. The van der Waals surface area contributed by atoms with Crippen LogP contribution in [0.15, 0.2) is 48.7 Å². The fraction of sp³-hybridized carbons (Fsp3) is 0.318. The molecule has 1 aliphatic rings. The van der Waals surface area contributed by atoms with Crippen LogP contribution in [0, 0.1) is 5.82 Å². The Balaban J connectivity index is 1.53. The summed E-state index contributed by atoms with van der Waals surface area (Å²) in [5.74, 6) is 0.729. The first-order chi connectivity index (χ1) is 13.7. The number of aromatic hydroxyl groups is 1. The number of hydrogen-bond acceptors (Lipinski definition) is 4. The van der Waals surface area contributed by atoms with E-state index >= 15 is 0 Å². The van der Waals surface area contributed by atoms with Gasteiger partial charge in [0.05, 0.1) is 13.3 Å². The lowest BCUT2D eigenvalue weighted by molar-refractivity contribution is 0.196. The first-order valence-electron chi connectivity index (χ1n) is 9.52. The maximum Gasteiger partial charge on any atom is 0.162 e. The van der Waals surface area contributed by atoms with Crippen LogP contribution in [-0.4, -0.2) is 40.4 Å². The van der Waals surface area contributed by atoms with Gasteiger partial charge >= 0.3 is 0 Å². The van der Waals surface area contributed by atoms with Crippen LogP contribution in [0.3, 0.4) is 0 Å². The summed E-state index contributed by atoms with van der Waals surface area (Å²) >= 11 is 0. The topological polar surface area (TPSA) is 61.4 Å². The van der Waals surface area contributed by atoms with Crippen LogP contribution >= 0.6 is 0 Å². The Labute approximate surface area is 163 Å². The number of halogens is 1. The van der Waals surface area contributed by atoms with E-state index in [1.54, 1.807) is 31.5 Å². The number of H-pyrrole nitrogens is 1. The zero-order valence-corrected chi connectivity index (χ0v) is 15.9. The maximum absolute atomic E-state index is 13.7. The number of nitrogens with one attached hydrogen (secondary N) is 1. The molecule has 0 aliphatic carbocycles. The van der Waals surface area contributed by atoms with E-state index in [1.807, 2.05) is 18.2 Å². The first kappa shape index (κ1) is 18.5. The summed E-state index contributed by atoms with van der Waals surface area (Å²) in [5, 5.41) is 17.8. The summed E-state index contributed by atoms with van der Waals surface area (Å²) in [7, 11) is 1.56. The summed E-state index contributed by atoms with van der Waals surface area (Å²) in [6.07, 6.45) is 3.87. The molecule has 1 atom stereocenters. The van der Waals surface area contributed by atoms with Crippen molar-refractivity contribution < 1.29 is 14.2 Å². The van der Waals surface area contributed by atoms with Crippen LogP contribution in [0.25, 0.3) is 11.1 Å². The lowest BCUT2D eigenvalue weighted by atomic mass is 9.90. The number of phenolic OH excluding ortho intramolecular Hbond substituents is 1. The molecule has 0 amide bonds. The Morgan fingerprint density at radius 1 is 1.29 bits per heavy atom. The molecule has 3 aromatic rings. The highest BCUT2D eigenvalue weighted by atomic mass is 19.1. The third-order valence-electron chi connectivity index (χ3n) is 5.41. The summed E-state index contributed by atoms with van der Waals surface area (Å²) < 4.78 is 18.9. The van der Waals surface area contributed by atoms with Gasteiger partial charge in [0.15, 0.2) is 11.5 Å². The minimum Gasteiger partial charge on any atom is -0.504 e. The standard InChI is InChI=1S/C22H24FN3O2/c1-28-20-9-3-6-17(22(20)27)14-26-10-4-7-16(13-26)21-19(12-24-25-21)15-5-2-8-18(23)11-15/h2-3,5-6,8-9,11-12,16,27H,4,7,10,13-14H2,1H3,(H,24,25)/t16-/m1/s1. The zero-order chi connectivity index (χ0) is 19.5. The number of phenols is 1. The van der Waals surface area contributed by atoms with E-state index in [1.165, 1.54) is 6.07 Å². The second-order valence-corrected chi connectivity index (χ2v) is 7.25. The summed E-state index contributed by atoms with van der Waals surface area (Å²) in [6.45, 7) is 2.47. The van der Waals surface area contributed by atoms with Crippen molar-refractivity contribution in [3.63, 3.8) is 0 Å². The Morgan fingerprint density at radius 2 is 2.14 bits per heavy atom. The van der Waals surface area contributed by atoms with Gasteiger partial charge in [-0.25, -0.2) is 4.39 Å². The first-order valence-corrected chi connectivity index (χ1v) is 9.52. The second-order valence-electron chi connectivity index (χ2n) is 7.25. The van der Waals surface area contributed by atoms with Crippen molar-refractivity contribution in [1.82, 2.24) is 15.1 Å². The fourth-order valence-corrected chi connectivity index (χ4v) is 4.03. The van der Waals surface area contributed by atoms with Gasteiger partial charge in [-0.2, -0.15) is 5.10 Å². The molecule has 2 heterocycles. The van der Waals surface area contributed by atoms with E-state index in [4.69, 9.17) is 4.74 Å². The van der Waals surface area contributed by atoms with Gasteiger partial charge in [0.2, 0.25) is 0 Å². The van der Waals surface area contributed by atoms with Gasteiger partial charge in [-0.15, -0.1) is 0 Å². The lowest BCUT2D eigenvalue weighted by Gasteiger charge is -2.33. The van der Waals surface area contributed by atoms with Gasteiger partial charge in [-0.05, 0) is 43.1 Å². The van der Waals surface area contributed by atoms with Crippen molar-refractivity contribution in [3.05, 3.63) is 65.7 Å². The van der Waals surface area contributed by atoms with Crippen molar-refractivity contribution >= 4 is 0 Å². The molecule has 5 nitrogen and oxygen atoms in total. The van der Waals surface area contributed by atoms with Gasteiger partial charge in [-0.1, -0.05) is 24.3 Å². The number of piperidine rings is 1. The molecule has 1 aromatic heterocycles. The highest BCUT2D eigenvalue weighted by Gasteiger charge is 2.26. The molecule has 1 fully saturated rings. The Hall–Kier alpha value is -2.86. The molecule has 146 valence electrons. The number of methoxy groups -OCH3 is 1. The largest absolute Gasteiger partial charge is 0.504 e. The average Bonchev–Trinajstić information content (AvgIpc) is 3.20. The highest BCUT2D eigenvalue weighted by molar-refractivity contribution is 5.65. The van der Waals surface area contributed by atoms with Crippen molar-refractivity contribution in [2.75, 3.05) is 20.2 Å². The molecule has 28 heavy (non-hydrogen) atoms. The van der Waals surface area contributed by atoms with Crippen LogP contribution in [0.5, 0.6) is 11.5 Å². The van der Waals surface area contributed by atoms with Gasteiger partial charge in [0, 0.05) is 35.8 Å². The van der Waals surface area contributed by atoms with Crippen LogP contribution in [0.2, 0.25) is 0 Å². The minimum atomic E-state index is -0.247. The fourth-order valence-electron chi connectivity index (χ4n) is 4.03. The zero-order valence-electron chi connectivity index (χ0n) is 15.9. The van der Waals surface area contributed by atoms with Crippen molar-refractivity contribution in [2.24, 2.45) is 0 Å². The van der Waals surface area contributed by atoms with Crippen LogP contribution < -0.4 is 4.74 Å².